The fourth-order valence-electron chi connectivity index (χ4n) is 5.70. The number of hydrogen-bond acceptors (Lipinski definition) is 6. The molecule has 3 saturated heterocycles. The van der Waals surface area contributed by atoms with Gasteiger partial charge in [-0.15, -0.1) is 11.3 Å². The van der Waals surface area contributed by atoms with Crippen LogP contribution in [0.2, 0.25) is 0 Å². The van der Waals surface area contributed by atoms with Gasteiger partial charge in [-0.2, -0.15) is 14.0 Å². The molecule has 3 N–H and O–H groups in total. The van der Waals surface area contributed by atoms with E-state index >= 15 is 0 Å². The average Bonchev–Trinajstić information content (AvgIpc) is 3.44. The number of nitrogens with zero attached hydrogens (tertiary/aromatic N) is 3. The lowest BCUT2D eigenvalue weighted by Crippen LogP contribution is -2.59. The quantitative estimate of drug-likeness (QED) is 0.444. The van der Waals surface area contributed by atoms with Crippen molar-refractivity contribution in [2.75, 3.05) is 13.1 Å². The molecule has 3 atom stereocenters. The Labute approximate surface area is 226 Å². The molecule has 0 saturated carbocycles. The van der Waals surface area contributed by atoms with Crippen LogP contribution in [0.5, 0.6) is 0 Å². The van der Waals surface area contributed by atoms with Crippen LogP contribution in [0.25, 0.3) is 10.1 Å². The maximum atomic E-state index is 14.2. The van der Waals surface area contributed by atoms with Gasteiger partial charge in [0, 0.05) is 41.7 Å². The van der Waals surface area contributed by atoms with E-state index in [0.29, 0.717) is 49.9 Å². The number of alkyl halides is 2. The van der Waals surface area contributed by atoms with Gasteiger partial charge in [0.2, 0.25) is 11.8 Å². The molecule has 0 unspecified atom stereocenters. The number of rotatable bonds is 6. The van der Waals surface area contributed by atoms with Crippen molar-refractivity contribution in [3.8, 4) is 6.07 Å². The number of likely N-dealkylation sites (tertiary alicyclic amines) is 1. The van der Waals surface area contributed by atoms with Crippen LogP contribution in [0.1, 0.15) is 53.8 Å². The number of amides is 3. The first kappa shape index (κ1) is 27.6. The maximum Gasteiger partial charge on any atom is 0.399 e. The van der Waals surface area contributed by atoms with Crippen LogP contribution in [0.4, 0.5) is 8.78 Å². The predicted octanol–water partition coefficient (Wildman–Crippen LogP) is 3.14. The molecule has 0 bridgehead atoms. The Balaban J connectivity index is 1.30. The molecule has 5 rings (SSSR count). The Morgan fingerprint density at radius 2 is 1.92 bits per heavy atom. The van der Waals surface area contributed by atoms with Gasteiger partial charge in [-0.05, 0) is 55.7 Å². The Morgan fingerprint density at radius 1 is 1.18 bits per heavy atom. The van der Waals surface area contributed by atoms with Gasteiger partial charge in [0.15, 0.2) is 0 Å². The van der Waals surface area contributed by atoms with Crippen molar-refractivity contribution < 1.29 is 37.5 Å². The molecule has 1 aromatic carbocycles. The van der Waals surface area contributed by atoms with Gasteiger partial charge in [-0.25, -0.2) is 0 Å². The Bertz CT molecular complexity index is 1410. The van der Waals surface area contributed by atoms with Gasteiger partial charge in [0.25, 0.3) is 5.91 Å². The van der Waals surface area contributed by atoms with Gasteiger partial charge < -0.3 is 24.9 Å². The Kier molecular flexibility index (Phi) is 7.26. The second kappa shape index (κ2) is 10.2. The first-order chi connectivity index (χ1) is 18.4. The van der Waals surface area contributed by atoms with E-state index in [1.807, 2.05) is 0 Å². The van der Waals surface area contributed by atoms with Gasteiger partial charge in [0.1, 0.15) is 12.1 Å². The number of fused-ring (bicyclic) bond motifs is 2. The van der Waals surface area contributed by atoms with Crippen molar-refractivity contribution in [3.05, 3.63) is 34.7 Å². The summed E-state index contributed by atoms with van der Waals surface area (Å²) in [5.41, 5.74) is -5.23. The summed E-state index contributed by atoms with van der Waals surface area (Å²) in [4.78, 5) is 61.3. The van der Waals surface area contributed by atoms with E-state index in [9.17, 15) is 27.7 Å². The van der Waals surface area contributed by atoms with Crippen molar-refractivity contribution in [2.45, 2.75) is 62.3 Å². The normalized spacial score (nSPS) is 24.2. The van der Waals surface area contributed by atoms with Gasteiger partial charge in [-0.3, -0.25) is 18.9 Å². The molecule has 208 valence electrons. The zero-order chi connectivity index (χ0) is 28.1. The molecule has 0 radical (unpaired) electrons. The number of nitrogens with one attached hydrogen (secondary N) is 1. The topological polar surface area (TPSA) is 151 Å². The standard InChI is InChI=1S/C25H27F2N4O6PS/c26-25(27,38(35,36)37)16-4-7-20-15(10-16)11-21(39-20)22(32)29-18-3-1-2-17-5-6-19(31(17)23(18)33)24(34)30-12-14(13-30)8-9-28/h4,7,10-11,14,17-19H,1-3,5-6,8,12-13H2,(H,29,32)(H2,35,36,37)/t17-,18-,19-/m0/s1. The highest BCUT2D eigenvalue weighted by atomic mass is 32.1. The van der Waals surface area contributed by atoms with E-state index in [4.69, 9.17) is 15.0 Å². The first-order valence-electron chi connectivity index (χ1n) is 12.7. The Hall–Kier alpha value is -2.91. The summed E-state index contributed by atoms with van der Waals surface area (Å²) in [7, 11) is -5.74. The summed E-state index contributed by atoms with van der Waals surface area (Å²) < 4.78 is 40.0. The third-order valence-corrected chi connectivity index (χ3v) is 9.88. The molecule has 0 spiro atoms. The first-order valence-corrected chi connectivity index (χ1v) is 15.1. The van der Waals surface area contributed by atoms with E-state index in [1.54, 1.807) is 9.80 Å². The van der Waals surface area contributed by atoms with Crippen molar-refractivity contribution in [1.29, 1.82) is 5.26 Å². The van der Waals surface area contributed by atoms with Crippen LogP contribution in [-0.2, 0) is 19.8 Å². The third-order valence-electron chi connectivity index (χ3n) is 7.78. The Morgan fingerprint density at radius 3 is 2.62 bits per heavy atom. The lowest BCUT2D eigenvalue weighted by Gasteiger charge is -2.41. The highest BCUT2D eigenvalue weighted by Crippen LogP contribution is 2.59. The smallest absolute Gasteiger partial charge is 0.340 e. The maximum absolute atomic E-state index is 14.2. The second-order valence-electron chi connectivity index (χ2n) is 10.4. The molecule has 1 aromatic heterocycles. The summed E-state index contributed by atoms with van der Waals surface area (Å²) in [5, 5.41) is 11.8. The zero-order valence-corrected chi connectivity index (χ0v) is 22.5. The van der Waals surface area contributed by atoms with E-state index in [1.165, 1.54) is 12.1 Å². The average molecular weight is 581 g/mol. The zero-order valence-electron chi connectivity index (χ0n) is 20.8. The molecule has 2 aromatic rings. The summed E-state index contributed by atoms with van der Waals surface area (Å²) in [6, 6.07) is 5.07. The fraction of sp³-hybridized carbons (Fsp3) is 0.520. The molecule has 3 fully saturated rings. The summed E-state index contributed by atoms with van der Waals surface area (Å²) in [6.07, 6.45) is 3.44. The summed E-state index contributed by atoms with van der Waals surface area (Å²) in [6.45, 7) is 1.01. The van der Waals surface area contributed by atoms with Crippen molar-refractivity contribution >= 4 is 46.7 Å². The minimum Gasteiger partial charge on any atom is -0.340 e. The van der Waals surface area contributed by atoms with E-state index in [-0.39, 0.29) is 34.0 Å². The lowest BCUT2D eigenvalue weighted by molar-refractivity contribution is -0.149. The molecule has 3 amide bonds. The molecular weight excluding hydrogens is 553 g/mol. The van der Waals surface area contributed by atoms with Gasteiger partial charge in [-0.1, -0.05) is 6.07 Å². The molecular formula is C25H27F2N4O6PS. The number of benzene rings is 1. The number of hydrogen-bond donors (Lipinski definition) is 3. The number of nitriles is 1. The molecule has 39 heavy (non-hydrogen) atoms. The van der Waals surface area contributed by atoms with Crippen molar-refractivity contribution in [2.24, 2.45) is 5.92 Å². The van der Waals surface area contributed by atoms with E-state index < -0.39 is 36.8 Å². The van der Waals surface area contributed by atoms with Crippen molar-refractivity contribution in [1.82, 2.24) is 15.1 Å². The molecule has 3 aliphatic rings. The molecule has 4 heterocycles. The lowest BCUT2D eigenvalue weighted by atomic mass is 9.95. The van der Waals surface area contributed by atoms with Crippen LogP contribution in [0.3, 0.4) is 0 Å². The monoisotopic (exact) mass is 580 g/mol. The van der Waals surface area contributed by atoms with Crippen LogP contribution < -0.4 is 5.32 Å². The van der Waals surface area contributed by atoms with Crippen LogP contribution in [0.15, 0.2) is 24.3 Å². The number of thiophene rings is 1. The van der Waals surface area contributed by atoms with Gasteiger partial charge >= 0.3 is 13.3 Å². The molecule has 3 aliphatic heterocycles. The van der Waals surface area contributed by atoms with Crippen LogP contribution in [0, 0.1) is 17.2 Å². The molecule has 10 nitrogen and oxygen atoms in total. The highest BCUT2D eigenvalue weighted by Gasteiger charge is 2.50. The van der Waals surface area contributed by atoms with Gasteiger partial charge in [0.05, 0.1) is 10.9 Å². The molecule has 0 aliphatic carbocycles. The van der Waals surface area contributed by atoms with Crippen molar-refractivity contribution in [3.63, 3.8) is 0 Å². The highest BCUT2D eigenvalue weighted by molar-refractivity contribution is 7.52. The second-order valence-corrected chi connectivity index (χ2v) is 13.1. The number of carbonyl (C=O) groups is 3. The summed E-state index contributed by atoms with van der Waals surface area (Å²) in [5.74, 6) is -0.858. The SMILES string of the molecule is N#CCC1CN(C(=O)[C@@H]2CC[C@@H]3CCC[C@H](NC(=O)c4cc5cc(C(F)(F)P(=O)(O)O)ccc5s4)C(=O)N32)C1. The number of halogens is 2. The minimum absolute atomic E-state index is 0.0806. The van der Waals surface area contributed by atoms with E-state index in [2.05, 4.69) is 11.4 Å². The third kappa shape index (κ3) is 5.07. The predicted molar refractivity (Wildman–Crippen MR) is 137 cm³/mol. The minimum atomic E-state index is -5.74. The molecule has 14 heteroatoms. The summed E-state index contributed by atoms with van der Waals surface area (Å²) >= 11 is 1.01. The fourth-order valence-corrected chi connectivity index (χ4v) is 7.12. The largest absolute Gasteiger partial charge is 0.399 e. The van der Waals surface area contributed by atoms with Crippen LogP contribution >= 0.6 is 18.9 Å². The van der Waals surface area contributed by atoms with Crippen LogP contribution in [-0.4, -0.2) is 68.5 Å². The van der Waals surface area contributed by atoms with E-state index in [0.717, 1.165) is 29.9 Å². The number of carbonyl (C=O) groups excluding carboxylic acids is 3.